The van der Waals surface area contributed by atoms with Crippen LogP contribution in [0, 0.1) is 0 Å². The quantitative estimate of drug-likeness (QED) is 0.849. The number of hydrogen-bond acceptors (Lipinski definition) is 8. The molecule has 2 aliphatic rings. The van der Waals surface area contributed by atoms with Crippen LogP contribution in [0.2, 0.25) is 0 Å². The lowest BCUT2D eigenvalue weighted by molar-refractivity contribution is 0.0137. The van der Waals surface area contributed by atoms with E-state index in [1.54, 1.807) is 22.5 Å². The SMILES string of the molecule is CC(C)(C)OC(=O)N1CCN2C(NCc3coc(-c4cccs4)n3)=NCC2C1. The summed E-state index contributed by atoms with van der Waals surface area (Å²) in [5.74, 6) is 1.50. The highest BCUT2D eigenvalue weighted by Gasteiger charge is 2.36. The van der Waals surface area contributed by atoms with E-state index in [0.29, 0.717) is 32.1 Å². The van der Waals surface area contributed by atoms with Crippen molar-refractivity contribution in [3.8, 4) is 10.8 Å². The first-order valence-corrected chi connectivity index (χ1v) is 10.3. The third-order valence-electron chi connectivity index (χ3n) is 4.57. The second-order valence-electron chi connectivity index (χ2n) is 7.91. The van der Waals surface area contributed by atoms with Gasteiger partial charge in [0.2, 0.25) is 5.89 Å². The minimum Gasteiger partial charge on any atom is -0.444 e. The van der Waals surface area contributed by atoms with Crippen LogP contribution in [0.15, 0.2) is 33.2 Å². The summed E-state index contributed by atoms with van der Waals surface area (Å²) in [6.07, 6.45) is 1.42. The normalized spacial score (nSPS) is 19.4. The van der Waals surface area contributed by atoms with Gasteiger partial charge in [-0.05, 0) is 32.2 Å². The first-order valence-electron chi connectivity index (χ1n) is 9.40. The Hall–Kier alpha value is -2.55. The smallest absolute Gasteiger partial charge is 0.410 e. The lowest BCUT2D eigenvalue weighted by Crippen LogP contribution is -2.57. The Bertz CT molecular complexity index is 855. The van der Waals surface area contributed by atoms with E-state index in [4.69, 9.17) is 9.15 Å². The van der Waals surface area contributed by atoms with Gasteiger partial charge in [0.15, 0.2) is 5.96 Å². The zero-order valence-corrected chi connectivity index (χ0v) is 17.2. The number of fused-ring (bicyclic) bond motifs is 1. The van der Waals surface area contributed by atoms with E-state index >= 15 is 0 Å². The molecule has 0 spiro atoms. The highest BCUT2D eigenvalue weighted by molar-refractivity contribution is 7.13. The molecule has 0 aromatic carbocycles. The molecule has 8 nitrogen and oxygen atoms in total. The molecule has 2 aromatic heterocycles. The Morgan fingerprint density at radius 1 is 1.43 bits per heavy atom. The average Bonchev–Trinajstić information content (AvgIpc) is 3.38. The minimum atomic E-state index is -0.479. The molecule has 1 N–H and O–H groups in total. The van der Waals surface area contributed by atoms with Crippen LogP contribution in [0.1, 0.15) is 26.5 Å². The van der Waals surface area contributed by atoms with Crippen LogP contribution in [-0.2, 0) is 11.3 Å². The number of thiophene rings is 1. The molecule has 0 aliphatic carbocycles. The molecule has 150 valence electrons. The Labute approximate surface area is 168 Å². The molecular weight excluding hydrogens is 378 g/mol. The van der Waals surface area contributed by atoms with Crippen LogP contribution in [0.4, 0.5) is 4.79 Å². The van der Waals surface area contributed by atoms with E-state index in [1.807, 2.05) is 38.3 Å². The number of piperazine rings is 1. The minimum absolute atomic E-state index is 0.183. The lowest BCUT2D eigenvalue weighted by atomic mass is 10.2. The van der Waals surface area contributed by atoms with Gasteiger partial charge in [-0.25, -0.2) is 9.78 Å². The van der Waals surface area contributed by atoms with E-state index in [2.05, 4.69) is 20.2 Å². The molecule has 2 aromatic rings. The predicted molar refractivity (Wildman–Crippen MR) is 107 cm³/mol. The molecule has 9 heteroatoms. The number of rotatable bonds is 3. The number of hydrogen-bond donors (Lipinski definition) is 1. The van der Waals surface area contributed by atoms with Gasteiger partial charge in [-0.3, -0.25) is 4.99 Å². The number of nitrogens with one attached hydrogen (secondary N) is 1. The van der Waals surface area contributed by atoms with Gasteiger partial charge in [0.05, 0.1) is 29.7 Å². The van der Waals surface area contributed by atoms with E-state index in [1.165, 1.54) is 0 Å². The topological polar surface area (TPSA) is 83.2 Å². The highest BCUT2D eigenvalue weighted by atomic mass is 32.1. The molecule has 1 fully saturated rings. The Morgan fingerprint density at radius 2 is 2.29 bits per heavy atom. The summed E-state index contributed by atoms with van der Waals surface area (Å²) in [5.41, 5.74) is 0.356. The molecule has 4 heterocycles. The molecule has 1 saturated heterocycles. The van der Waals surface area contributed by atoms with Crippen molar-refractivity contribution >= 4 is 23.4 Å². The predicted octanol–water partition coefficient (Wildman–Crippen LogP) is 2.78. The maximum Gasteiger partial charge on any atom is 0.410 e. The molecule has 0 saturated carbocycles. The maximum atomic E-state index is 12.3. The van der Waals surface area contributed by atoms with Crippen LogP contribution in [0.5, 0.6) is 0 Å². The van der Waals surface area contributed by atoms with Crippen LogP contribution < -0.4 is 5.32 Å². The number of carbonyl (C=O) groups is 1. The van der Waals surface area contributed by atoms with E-state index in [-0.39, 0.29) is 12.1 Å². The van der Waals surface area contributed by atoms with Crippen molar-refractivity contribution in [2.24, 2.45) is 4.99 Å². The van der Waals surface area contributed by atoms with Gasteiger partial charge in [-0.1, -0.05) is 6.07 Å². The number of nitrogens with zero attached hydrogens (tertiary/aromatic N) is 4. The number of aromatic nitrogens is 1. The maximum absolute atomic E-state index is 12.3. The van der Waals surface area contributed by atoms with E-state index < -0.39 is 5.60 Å². The molecule has 28 heavy (non-hydrogen) atoms. The molecule has 0 radical (unpaired) electrons. The number of ether oxygens (including phenoxy) is 1. The number of carbonyl (C=O) groups excluding carboxylic acids is 1. The van der Waals surface area contributed by atoms with Crippen LogP contribution in [0.25, 0.3) is 10.8 Å². The van der Waals surface area contributed by atoms with E-state index in [9.17, 15) is 4.79 Å². The Kier molecular flexibility index (Phi) is 5.01. The third-order valence-corrected chi connectivity index (χ3v) is 5.43. The van der Waals surface area contributed by atoms with Crippen molar-refractivity contribution in [2.75, 3.05) is 26.2 Å². The summed E-state index contributed by atoms with van der Waals surface area (Å²) in [6, 6.07) is 4.15. The lowest BCUT2D eigenvalue weighted by Gasteiger charge is -2.39. The molecule has 2 aliphatic heterocycles. The largest absolute Gasteiger partial charge is 0.444 e. The summed E-state index contributed by atoms with van der Waals surface area (Å²) in [6.45, 7) is 8.85. The molecular formula is C19H25N5O3S. The van der Waals surface area contributed by atoms with Gasteiger partial charge in [-0.15, -0.1) is 11.3 Å². The Balaban J connectivity index is 1.30. The first kappa shape index (κ1) is 18.8. The summed E-state index contributed by atoms with van der Waals surface area (Å²) < 4.78 is 11.0. The van der Waals surface area contributed by atoms with Gasteiger partial charge in [0.1, 0.15) is 11.9 Å². The van der Waals surface area contributed by atoms with Crippen molar-refractivity contribution in [1.29, 1.82) is 0 Å². The number of guanidine groups is 1. The van der Waals surface area contributed by atoms with Gasteiger partial charge in [0, 0.05) is 19.6 Å². The molecule has 1 unspecified atom stereocenters. The van der Waals surface area contributed by atoms with Gasteiger partial charge in [-0.2, -0.15) is 0 Å². The second kappa shape index (κ2) is 7.46. The third kappa shape index (κ3) is 4.14. The zero-order chi connectivity index (χ0) is 19.7. The number of oxazole rings is 1. The molecule has 0 bridgehead atoms. The van der Waals surface area contributed by atoms with Crippen molar-refractivity contribution in [2.45, 2.75) is 39.0 Å². The molecule has 1 atom stereocenters. The monoisotopic (exact) mass is 403 g/mol. The van der Waals surface area contributed by atoms with Crippen LogP contribution in [0.3, 0.4) is 0 Å². The van der Waals surface area contributed by atoms with Crippen molar-refractivity contribution < 1.29 is 13.9 Å². The molecule has 4 rings (SSSR count). The summed E-state index contributed by atoms with van der Waals surface area (Å²) >= 11 is 1.60. The van der Waals surface area contributed by atoms with Crippen LogP contribution in [-0.4, -0.2) is 64.7 Å². The highest BCUT2D eigenvalue weighted by Crippen LogP contribution is 2.24. The summed E-state index contributed by atoms with van der Waals surface area (Å²) in [7, 11) is 0. The van der Waals surface area contributed by atoms with Crippen molar-refractivity contribution in [3.63, 3.8) is 0 Å². The molecule has 1 amide bonds. The van der Waals surface area contributed by atoms with Crippen LogP contribution >= 0.6 is 11.3 Å². The zero-order valence-electron chi connectivity index (χ0n) is 16.3. The standard InChI is InChI=1S/C19H25N5O3S/c1-19(2,3)27-18(25)23-6-7-24-14(11-23)10-21-17(24)20-9-13-12-26-16(22-13)15-5-4-8-28-15/h4-5,8,12,14H,6-7,9-11H2,1-3H3,(H,20,21). The van der Waals surface area contributed by atoms with Gasteiger partial charge >= 0.3 is 6.09 Å². The summed E-state index contributed by atoms with van der Waals surface area (Å²) in [5, 5.41) is 5.36. The first-order chi connectivity index (χ1) is 13.4. The fraction of sp³-hybridized carbons (Fsp3) is 0.526. The van der Waals surface area contributed by atoms with Crippen molar-refractivity contribution in [1.82, 2.24) is 20.1 Å². The summed E-state index contributed by atoms with van der Waals surface area (Å²) in [4.78, 5) is 26.5. The Morgan fingerprint density at radius 3 is 3.04 bits per heavy atom. The van der Waals surface area contributed by atoms with Gasteiger partial charge < -0.3 is 24.3 Å². The average molecular weight is 404 g/mol. The second-order valence-corrected chi connectivity index (χ2v) is 8.86. The fourth-order valence-electron chi connectivity index (χ4n) is 3.29. The number of amides is 1. The van der Waals surface area contributed by atoms with E-state index in [0.717, 1.165) is 23.1 Å². The number of aliphatic imine (C=N–C) groups is 1. The van der Waals surface area contributed by atoms with Crippen molar-refractivity contribution in [3.05, 3.63) is 29.5 Å². The fourth-order valence-corrected chi connectivity index (χ4v) is 3.95. The van der Waals surface area contributed by atoms with Gasteiger partial charge in [0.25, 0.3) is 0 Å².